The highest BCUT2D eigenvalue weighted by atomic mass is 35.5. The van der Waals surface area contributed by atoms with Crippen LogP contribution < -0.4 is 0 Å². The molecule has 2 aromatic heterocycles. The third-order valence-corrected chi connectivity index (χ3v) is 7.62. The number of amidine groups is 1. The number of rotatable bonds is 3. The number of nitrogens with zero attached hydrogens (tertiary/aromatic N) is 4. The van der Waals surface area contributed by atoms with Gasteiger partial charge >= 0.3 is 0 Å². The monoisotopic (exact) mass is 436 g/mol. The summed E-state index contributed by atoms with van der Waals surface area (Å²) in [7, 11) is 0. The van der Waals surface area contributed by atoms with E-state index in [1.54, 1.807) is 0 Å². The molecule has 0 N–H and O–H groups in total. The molecule has 3 aromatic rings. The Labute approximate surface area is 187 Å². The molecule has 4 heterocycles. The fourth-order valence-corrected chi connectivity index (χ4v) is 6.07. The van der Waals surface area contributed by atoms with Gasteiger partial charge in [-0.05, 0) is 62.7 Å². The van der Waals surface area contributed by atoms with E-state index in [0.717, 1.165) is 28.1 Å². The lowest BCUT2D eigenvalue weighted by Crippen LogP contribution is -2.29. The summed E-state index contributed by atoms with van der Waals surface area (Å²) in [5.74, 6) is 0. The molecule has 1 aromatic carbocycles. The van der Waals surface area contributed by atoms with Crippen molar-refractivity contribution in [2.45, 2.75) is 45.0 Å². The number of pyridine rings is 1. The summed E-state index contributed by atoms with van der Waals surface area (Å²) in [4.78, 5) is 12.3. The van der Waals surface area contributed by atoms with Crippen molar-refractivity contribution in [3.05, 3.63) is 81.9 Å². The van der Waals surface area contributed by atoms with E-state index in [1.165, 1.54) is 22.5 Å². The van der Waals surface area contributed by atoms with Crippen molar-refractivity contribution < 1.29 is 0 Å². The average molecular weight is 437 g/mol. The van der Waals surface area contributed by atoms with Crippen LogP contribution in [0.2, 0.25) is 5.02 Å². The quantitative estimate of drug-likeness (QED) is 0.501. The molecule has 1 fully saturated rings. The van der Waals surface area contributed by atoms with Crippen LogP contribution in [0, 0.1) is 20.8 Å². The van der Waals surface area contributed by atoms with Crippen molar-refractivity contribution in [3.8, 4) is 5.69 Å². The molecule has 0 bridgehead atoms. The third-order valence-electron chi connectivity index (χ3n) is 6.27. The van der Waals surface area contributed by atoms with Crippen molar-refractivity contribution in [3.63, 3.8) is 0 Å². The minimum atomic E-state index is 0.0130. The van der Waals surface area contributed by atoms with Gasteiger partial charge in [-0.15, -0.1) is 0 Å². The molecular weight excluding hydrogens is 412 g/mol. The summed E-state index contributed by atoms with van der Waals surface area (Å²) in [6.45, 7) is 9.96. The maximum Gasteiger partial charge on any atom is 0.160 e. The fourth-order valence-electron chi connectivity index (χ4n) is 4.85. The lowest BCUT2D eigenvalue weighted by atomic mass is 9.93. The first-order valence-corrected chi connectivity index (χ1v) is 11.6. The van der Waals surface area contributed by atoms with Gasteiger partial charge in [0.1, 0.15) is 6.04 Å². The summed E-state index contributed by atoms with van der Waals surface area (Å²) < 4.78 is 2.35. The number of hydrogen-bond donors (Lipinski definition) is 0. The number of hydrogen-bond acceptors (Lipinski definition) is 4. The third kappa shape index (κ3) is 3.07. The van der Waals surface area contributed by atoms with Crippen molar-refractivity contribution in [1.29, 1.82) is 0 Å². The molecule has 154 valence electrons. The van der Waals surface area contributed by atoms with Crippen LogP contribution in [-0.4, -0.2) is 31.4 Å². The summed E-state index contributed by atoms with van der Waals surface area (Å²) >= 11 is 8.02. The topological polar surface area (TPSA) is 33.4 Å². The largest absolute Gasteiger partial charge is 0.341 e. The molecule has 5 rings (SSSR count). The van der Waals surface area contributed by atoms with Gasteiger partial charge in [0.05, 0.1) is 11.7 Å². The van der Waals surface area contributed by atoms with Crippen molar-refractivity contribution in [2.75, 3.05) is 6.54 Å². The summed E-state index contributed by atoms with van der Waals surface area (Å²) in [6.07, 6.45) is 1.87. The first-order chi connectivity index (χ1) is 14.5. The van der Waals surface area contributed by atoms with Crippen molar-refractivity contribution in [1.82, 2.24) is 14.5 Å². The van der Waals surface area contributed by atoms with Crippen LogP contribution in [0.4, 0.5) is 0 Å². The molecule has 0 radical (unpaired) electrons. The minimum Gasteiger partial charge on any atom is -0.341 e. The zero-order valence-electron chi connectivity index (χ0n) is 17.6. The van der Waals surface area contributed by atoms with Gasteiger partial charge in [-0.2, -0.15) is 0 Å². The maximum absolute atomic E-state index is 6.14. The molecule has 6 heteroatoms. The van der Waals surface area contributed by atoms with Crippen LogP contribution in [0.15, 0.2) is 53.7 Å². The predicted octanol–water partition coefficient (Wildman–Crippen LogP) is 6.04. The zero-order chi connectivity index (χ0) is 21.0. The fraction of sp³-hybridized carbons (Fsp3) is 0.333. The van der Waals surface area contributed by atoms with Crippen LogP contribution in [0.25, 0.3) is 5.69 Å². The van der Waals surface area contributed by atoms with E-state index in [1.807, 2.05) is 36.2 Å². The van der Waals surface area contributed by atoms with E-state index in [-0.39, 0.29) is 12.1 Å². The van der Waals surface area contributed by atoms with Crippen LogP contribution in [0.5, 0.6) is 0 Å². The van der Waals surface area contributed by atoms with Crippen LogP contribution in [0.3, 0.4) is 0 Å². The van der Waals surface area contributed by atoms with Crippen LogP contribution >= 0.6 is 23.4 Å². The lowest BCUT2D eigenvalue weighted by Gasteiger charge is -2.28. The molecule has 3 atom stereocenters. The summed E-state index contributed by atoms with van der Waals surface area (Å²) in [6, 6.07) is 14.4. The standard InChI is InChI=1S/C24H25ClN4S/c1-14-13-28-23(22(27-24(28)30-14)20-7-5-6-12-26-20)21-15(2)16(3)29(17(21)4)19-10-8-18(25)9-11-19/h5-12,14,22-23H,13H2,1-4H3/t14-,22-,23-/m0/s1. The number of fused-ring (bicyclic) bond motifs is 1. The highest BCUT2D eigenvalue weighted by Crippen LogP contribution is 2.50. The SMILES string of the molecule is Cc1c([C@H]2[C@H](c3ccccn3)N=C3S[C@@H](C)CN32)c(C)n(-c2ccc(Cl)cc2)c1C. The van der Waals surface area contributed by atoms with E-state index >= 15 is 0 Å². The smallest absolute Gasteiger partial charge is 0.160 e. The Morgan fingerprint density at radius 2 is 1.80 bits per heavy atom. The number of halogens is 1. The normalized spacial score (nSPS) is 23.0. The van der Waals surface area contributed by atoms with Gasteiger partial charge in [0, 0.05) is 45.7 Å². The number of aromatic nitrogens is 2. The lowest BCUT2D eigenvalue weighted by molar-refractivity contribution is 0.319. The first kappa shape index (κ1) is 19.7. The Morgan fingerprint density at radius 3 is 2.50 bits per heavy atom. The second kappa shape index (κ2) is 7.47. The predicted molar refractivity (Wildman–Crippen MR) is 126 cm³/mol. The molecule has 2 aliphatic rings. The van der Waals surface area contributed by atoms with E-state index in [2.05, 4.69) is 66.4 Å². The molecule has 30 heavy (non-hydrogen) atoms. The molecule has 1 saturated heterocycles. The Kier molecular flexibility index (Phi) is 4.91. The van der Waals surface area contributed by atoms with Gasteiger partial charge in [0.25, 0.3) is 0 Å². The summed E-state index contributed by atoms with van der Waals surface area (Å²) in [5, 5.41) is 2.46. The Morgan fingerprint density at radius 1 is 1.03 bits per heavy atom. The van der Waals surface area contributed by atoms with Crippen LogP contribution in [-0.2, 0) is 0 Å². The zero-order valence-corrected chi connectivity index (χ0v) is 19.2. The molecule has 0 unspecified atom stereocenters. The molecule has 0 amide bonds. The molecule has 0 spiro atoms. The Hall–Kier alpha value is -2.24. The van der Waals surface area contributed by atoms with Gasteiger partial charge in [-0.25, -0.2) is 0 Å². The number of benzene rings is 1. The highest BCUT2D eigenvalue weighted by molar-refractivity contribution is 8.14. The molecule has 2 aliphatic heterocycles. The first-order valence-electron chi connectivity index (χ1n) is 10.3. The van der Waals surface area contributed by atoms with E-state index < -0.39 is 0 Å². The van der Waals surface area contributed by atoms with E-state index in [0.29, 0.717) is 5.25 Å². The average Bonchev–Trinajstić information content (AvgIpc) is 3.33. The summed E-state index contributed by atoms with van der Waals surface area (Å²) in [5.41, 5.74) is 7.40. The Balaban J connectivity index is 1.66. The Bertz CT molecular complexity index is 1120. The van der Waals surface area contributed by atoms with E-state index in [9.17, 15) is 0 Å². The number of thioether (sulfide) groups is 1. The minimum absolute atomic E-state index is 0.0130. The number of aliphatic imine (C=N–C) groups is 1. The van der Waals surface area contributed by atoms with Gasteiger partial charge in [0.2, 0.25) is 0 Å². The molecule has 4 nitrogen and oxygen atoms in total. The van der Waals surface area contributed by atoms with E-state index in [4.69, 9.17) is 16.6 Å². The maximum atomic E-state index is 6.14. The van der Waals surface area contributed by atoms with Crippen LogP contribution in [0.1, 0.15) is 47.2 Å². The van der Waals surface area contributed by atoms with Gasteiger partial charge in [-0.1, -0.05) is 36.4 Å². The van der Waals surface area contributed by atoms with Crippen molar-refractivity contribution in [2.24, 2.45) is 4.99 Å². The highest BCUT2D eigenvalue weighted by Gasteiger charge is 2.45. The second-order valence-electron chi connectivity index (χ2n) is 8.16. The van der Waals surface area contributed by atoms with Gasteiger partial charge in [-0.3, -0.25) is 9.98 Å². The van der Waals surface area contributed by atoms with Gasteiger partial charge in [0.15, 0.2) is 5.17 Å². The molecule has 0 saturated carbocycles. The van der Waals surface area contributed by atoms with Crippen molar-refractivity contribution >= 4 is 28.5 Å². The van der Waals surface area contributed by atoms with Gasteiger partial charge < -0.3 is 9.47 Å². The molecule has 0 aliphatic carbocycles. The molecular formula is C24H25ClN4S. The second-order valence-corrected chi connectivity index (χ2v) is 10.0.